The number of nitrogens with zero attached hydrogens (tertiary/aromatic N) is 5. The number of quaternary nitrogens is 1. The third kappa shape index (κ3) is 3.65. The summed E-state index contributed by atoms with van der Waals surface area (Å²) in [6.07, 6.45) is 7.79. The number of piperazine rings is 1. The highest BCUT2D eigenvalue weighted by Crippen LogP contribution is 2.18. The monoisotopic (exact) mass is 381 g/mol. The summed E-state index contributed by atoms with van der Waals surface area (Å²) >= 11 is 5.76. The van der Waals surface area contributed by atoms with Gasteiger partial charge in [-0.05, 0) is 49.3 Å². The Balaban J connectivity index is 1.45. The van der Waals surface area contributed by atoms with Crippen molar-refractivity contribution in [1.82, 2.24) is 19.1 Å². The van der Waals surface area contributed by atoms with Crippen LogP contribution in [0.1, 0.15) is 11.1 Å². The third-order valence-electron chi connectivity index (χ3n) is 5.38. The molecule has 0 radical (unpaired) electrons. The predicted octanol–water partition coefficient (Wildman–Crippen LogP) is 1.78. The van der Waals surface area contributed by atoms with Crippen LogP contribution in [0, 0.1) is 18.6 Å². The molecule has 27 heavy (non-hydrogen) atoms. The summed E-state index contributed by atoms with van der Waals surface area (Å²) in [7, 11) is 0. The Morgan fingerprint density at radius 2 is 1.78 bits per heavy atom. The van der Waals surface area contributed by atoms with E-state index in [4.69, 9.17) is 12.2 Å². The molecule has 1 saturated heterocycles. The van der Waals surface area contributed by atoms with E-state index in [0.717, 1.165) is 43.6 Å². The normalized spacial score (nSPS) is 15.3. The van der Waals surface area contributed by atoms with Crippen LogP contribution >= 0.6 is 12.2 Å². The zero-order chi connectivity index (χ0) is 18.8. The summed E-state index contributed by atoms with van der Waals surface area (Å²) in [4.78, 5) is 12.5. The minimum atomic E-state index is 0.828. The Hall–Kier alpha value is -2.51. The maximum atomic E-state index is 5.76. The van der Waals surface area contributed by atoms with Gasteiger partial charge < -0.3 is 9.80 Å². The van der Waals surface area contributed by atoms with E-state index in [9.17, 15) is 0 Å². The van der Waals surface area contributed by atoms with Gasteiger partial charge in [-0.25, -0.2) is 9.97 Å². The van der Waals surface area contributed by atoms with Crippen LogP contribution in [0.2, 0.25) is 0 Å². The lowest BCUT2D eigenvalue weighted by atomic mass is 10.1. The topological polar surface area (TPSA) is 43.3 Å². The number of imidazole rings is 1. The van der Waals surface area contributed by atoms with Gasteiger partial charge in [0.2, 0.25) is 5.95 Å². The molecule has 1 aromatic carbocycles. The molecular formula is C20H25N6S+. The van der Waals surface area contributed by atoms with Crippen LogP contribution in [0.5, 0.6) is 0 Å². The first-order valence-electron chi connectivity index (χ1n) is 9.33. The summed E-state index contributed by atoms with van der Waals surface area (Å²) in [6.45, 7) is 9.21. The molecule has 0 unspecified atom stereocenters. The van der Waals surface area contributed by atoms with Crippen molar-refractivity contribution in [3.63, 3.8) is 0 Å². The predicted molar refractivity (Wildman–Crippen MR) is 109 cm³/mol. The molecule has 3 aromatic rings. The van der Waals surface area contributed by atoms with Crippen molar-refractivity contribution in [3.8, 4) is 5.69 Å². The highest BCUT2D eigenvalue weighted by atomic mass is 32.1. The van der Waals surface area contributed by atoms with E-state index in [1.807, 2.05) is 6.07 Å². The van der Waals surface area contributed by atoms with Crippen LogP contribution in [0.4, 0.5) is 5.95 Å². The Kier molecular flexibility index (Phi) is 5.05. The molecule has 0 aliphatic carbocycles. The number of aromatic nitrogens is 4. The number of rotatable bonds is 4. The zero-order valence-electron chi connectivity index (χ0n) is 15.8. The first-order chi connectivity index (χ1) is 13.1. The second-order valence-corrected chi connectivity index (χ2v) is 7.45. The van der Waals surface area contributed by atoms with Gasteiger partial charge in [0, 0.05) is 24.8 Å². The number of anilines is 1. The van der Waals surface area contributed by atoms with E-state index in [-0.39, 0.29) is 0 Å². The number of aryl methyl sites for hydroxylation is 1. The highest BCUT2D eigenvalue weighted by Gasteiger charge is 2.22. The second kappa shape index (κ2) is 7.62. The summed E-state index contributed by atoms with van der Waals surface area (Å²) in [5, 5.41) is 0. The third-order valence-corrected chi connectivity index (χ3v) is 5.81. The van der Waals surface area contributed by atoms with E-state index in [2.05, 4.69) is 68.4 Å². The molecule has 0 amide bonds. The van der Waals surface area contributed by atoms with E-state index < -0.39 is 0 Å². The van der Waals surface area contributed by atoms with Gasteiger partial charge in [0.25, 0.3) is 0 Å². The Morgan fingerprint density at radius 1 is 1.04 bits per heavy atom. The van der Waals surface area contributed by atoms with Crippen LogP contribution < -0.4 is 9.80 Å². The molecule has 2 aromatic heterocycles. The molecule has 0 atom stereocenters. The molecule has 0 bridgehead atoms. The van der Waals surface area contributed by atoms with E-state index in [1.54, 1.807) is 12.4 Å². The first kappa shape index (κ1) is 17.9. The van der Waals surface area contributed by atoms with Crippen LogP contribution in [0.15, 0.2) is 49.1 Å². The molecule has 7 heteroatoms. The molecule has 1 N–H and O–H groups in total. The van der Waals surface area contributed by atoms with Crippen LogP contribution in [0.3, 0.4) is 0 Å². The molecule has 6 nitrogen and oxygen atoms in total. The SMILES string of the molecule is Cc1cccc(-n2ccn(C[NH+]3CCN(c4ncccn4)CC3)c2=S)c1C. The molecule has 0 saturated carbocycles. The number of hydrogen-bond donors (Lipinski definition) is 1. The van der Waals surface area contributed by atoms with Crippen molar-refractivity contribution in [2.24, 2.45) is 0 Å². The van der Waals surface area contributed by atoms with Crippen molar-refractivity contribution in [2.45, 2.75) is 20.5 Å². The van der Waals surface area contributed by atoms with Crippen molar-refractivity contribution >= 4 is 18.2 Å². The Labute approximate surface area is 164 Å². The van der Waals surface area contributed by atoms with Crippen molar-refractivity contribution < 1.29 is 4.90 Å². The molecule has 1 fully saturated rings. The van der Waals surface area contributed by atoms with Gasteiger partial charge in [0.1, 0.15) is 0 Å². The number of benzene rings is 1. The maximum Gasteiger partial charge on any atom is 0.225 e. The molecular weight excluding hydrogens is 356 g/mol. The minimum absolute atomic E-state index is 0.828. The molecule has 1 aliphatic heterocycles. The van der Waals surface area contributed by atoms with Gasteiger partial charge in [0.05, 0.1) is 31.9 Å². The Morgan fingerprint density at radius 3 is 2.52 bits per heavy atom. The average Bonchev–Trinajstić information content (AvgIpc) is 3.05. The quantitative estimate of drug-likeness (QED) is 0.700. The fraction of sp³-hybridized carbons (Fsp3) is 0.350. The summed E-state index contributed by atoms with van der Waals surface area (Å²) in [5.41, 5.74) is 3.72. The van der Waals surface area contributed by atoms with Gasteiger partial charge in [-0.3, -0.25) is 9.13 Å². The van der Waals surface area contributed by atoms with Crippen molar-refractivity contribution in [3.05, 3.63) is 65.0 Å². The highest BCUT2D eigenvalue weighted by molar-refractivity contribution is 7.71. The van der Waals surface area contributed by atoms with Gasteiger partial charge in [0.15, 0.2) is 11.4 Å². The first-order valence-corrected chi connectivity index (χ1v) is 9.74. The fourth-order valence-corrected chi connectivity index (χ4v) is 3.87. The Bertz CT molecular complexity index is 970. The lowest BCUT2D eigenvalue weighted by Crippen LogP contribution is -3.14. The minimum Gasteiger partial charge on any atom is -0.330 e. The van der Waals surface area contributed by atoms with Gasteiger partial charge >= 0.3 is 0 Å². The summed E-state index contributed by atoms with van der Waals surface area (Å²) in [6, 6.07) is 8.22. The molecule has 4 rings (SSSR count). The molecule has 0 spiro atoms. The molecule has 140 valence electrons. The van der Waals surface area contributed by atoms with Crippen molar-refractivity contribution in [2.75, 3.05) is 31.1 Å². The fourth-order valence-electron chi connectivity index (χ4n) is 3.59. The largest absolute Gasteiger partial charge is 0.330 e. The van der Waals surface area contributed by atoms with Crippen LogP contribution in [-0.2, 0) is 6.67 Å². The summed E-state index contributed by atoms with van der Waals surface area (Å²) in [5.74, 6) is 0.828. The number of hydrogen-bond acceptors (Lipinski definition) is 4. The van der Waals surface area contributed by atoms with Gasteiger partial charge in [-0.2, -0.15) is 0 Å². The molecule has 3 heterocycles. The maximum absolute atomic E-state index is 5.76. The van der Waals surface area contributed by atoms with Crippen LogP contribution in [-0.4, -0.2) is 45.3 Å². The lowest BCUT2D eigenvalue weighted by Gasteiger charge is -2.32. The van der Waals surface area contributed by atoms with Crippen molar-refractivity contribution in [1.29, 1.82) is 0 Å². The van der Waals surface area contributed by atoms with E-state index in [0.29, 0.717) is 0 Å². The van der Waals surface area contributed by atoms with E-state index in [1.165, 1.54) is 21.7 Å². The lowest BCUT2D eigenvalue weighted by molar-refractivity contribution is -0.923. The van der Waals surface area contributed by atoms with Gasteiger partial charge in [-0.1, -0.05) is 12.1 Å². The smallest absolute Gasteiger partial charge is 0.225 e. The standard InChI is InChI=1S/C20H24N6S/c1-16-5-3-6-18(17(16)2)26-14-13-25(20(26)27)15-23-9-11-24(12-10-23)19-21-7-4-8-22-19/h3-8,13-14H,9-12,15H2,1-2H3/p+1. The van der Waals surface area contributed by atoms with Gasteiger partial charge in [-0.15, -0.1) is 0 Å². The molecule has 1 aliphatic rings. The van der Waals surface area contributed by atoms with Crippen LogP contribution in [0.25, 0.3) is 5.69 Å². The van der Waals surface area contributed by atoms with E-state index >= 15 is 0 Å². The number of nitrogens with one attached hydrogen (secondary N) is 1. The average molecular weight is 382 g/mol. The zero-order valence-corrected chi connectivity index (χ0v) is 16.6. The second-order valence-electron chi connectivity index (χ2n) is 7.08. The summed E-state index contributed by atoms with van der Waals surface area (Å²) < 4.78 is 5.15.